The topological polar surface area (TPSA) is 81.2 Å². The number of rotatable bonds is 4. The molecule has 0 bridgehead atoms. The van der Waals surface area contributed by atoms with Crippen LogP contribution in [0.15, 0.2) is 74.3 Å². The number of hydrogen-bond donors (Lipinski definition) is 1. The number of hydrogen-bond acceptors (Lipinski definition) is 5. The highest BCUT2D eigenvalue weighted by Crippen LogP contribution is 2.29. The molecule has 2 aromatic carbocycles. The molecule has 27 heavy (non-hydrogen) atoms. The fourth-order valence-corrected chi connectivity index (χ4v) is 2.88. The summed E-state index contributed by atoms with van der Waals surface area (Å²) >= 11 is 9.08. The van der Waals surface area contributed by atoms with E-state index in [9.17, 15) is 4.79 Å². The van der Waals surface area contributed by atoms with Crippen LogP contribution >= 0.6 is 27.5 Å². The van der Waals surface area contributed by atoms with Gasteiger partial charge in [0.2, 0.25) is 5.82 Å². The van der Waals surface area contributed by atoms with Gasteiger partial charge in [-0.25, -0.2) is 0 Å². The van der Waals surface area contributed by atoms with Gasteiger partial charge in [-0.3, -0.25) is 4.79 Å². The maximum atomic E-state index is 12.4. The van der Waals surface area contributed by atoms with Gasteiger partial charge < -0.3 is 14.3 Å². The molecule has 0 spiro atoms. The minimum atomic E-state index is -0.384. The molecule has 6 nitrogen and oxygen atoms in total. The van der Waals surface area contributed by atoms with Gasteiger partial charge in [0.15, 0.2) is 10.4 Å². The Morgan fingerprint density at radius 2 is 1.81 bits per heavy atom. The third-order valence-corrected chi connectivity index (χ3v) is 4.41. The van der Waals surface area contributed by atoms with E-state index in [0.717, 1.165) is 5.56 Å². The third kappa shape index (κ3) is 3.79. The molecular weight excluding hydrogens is 434 g/mol. The summed E-state index contributed by atoms with van der Waals surface area (Å²) in [6, 6.07) is 17.5. The Kier molecular flexibility index (Phi) is 4.79. The number of nitrogens with one attached hydrogen (secondary N) is 1. The molecule has 1 amide bonds. The van der Waals surface area contributed by atoms with Crippen molar-refractivity contribution in [1.29, 1.82) is 0 Å². The zero-order valence-electron chi connectivity index (χ0n) is 13.6. The van der Waals surface area contributed by atoms with Gasteiger partial charge in [0.1, 0.15) is 0 Å². The molecule has 1 N–H and O–H groups in total. The maximum absolute atomic E-state index is 12.4. The Morgan fingerprint density at radius 3 is 2.56 bits per heavy atom. The highest BCUT2D eigenvalue weighted by atomic mass is 79.9. The first-order valence-corrected chi connectivity index (χ1v) is 9.03. The van der Waals surface area contributed by atoms with E-state index in [1.54, 1.807) is 54.6 Å². The van der Waals surface area contributed by atoms with Crippen LogP contribution in [-0.4, -0.2) is 16.0 Å². The Bertz CT molecular complexity index is 1110. The molecule has 0 saturated heterocycles. The lowest BCUT2D eigenvalue weighted by Gasteiger charge is -2.06. The van der Waals surface area contributed by atoms with Crippen LogP contribution in [0.4, 0.5) is 5.69 Å². The monoisotopic (exact) mass is 443 g/mol. The van der Waals surface area contributed by atoms with Crippen molar-refractivity contribution in [2.75, 3.05) is 5.32 Å². The number of para-hydroxylation sites is 1. The summed E-state index contributed by atoms with van der Waals surface area (Å²) in [5.74, 6) is 0.517. The van der Waals surface area contributed by atoms with E-state index in [-0.39, 0.29) is 17.6 Å². The second kappa shape index (κ2) is 7.38. The van der Waals surface area contributed by atoms with E-state index < -0.39 is 0 Å². The molecule has 0 atom stereocenters. The number of furan rings is 1. The second-order valence-corrected chi connectivity index (χ2v) is 6.75. The number of amides is 1. The van der Waals surface area contributed by atoms with Crippen molar-refractivity contribution in [3.63, 3.8) is 0 Å². The Labute approximate surface area is 167 Å². The Balaban J connectivity index is 1.63. The molecule has 8 heteroatoms. The van der Waals surface area contributed by atoms with Gasteiger partial charge in [-0.15, -0.1) is 0 Å². The Morgan fingerprint density at radius 1 is 1.04 bits per heavy atom. The normalized spacial score (nSPS) is 10.7. The van der Waals surface area contributed by atoms with Crippen molar-refractivity contribution < 1.29 is 13.7 Å². The molecule has 4 aromatic rings. The second-order valence-electron chi connectivity index (χ2n) is 5.53. The predicted molar refractivity (Wildman–Crippen MR) is 105 cm³/mol. The molecule has 0 aliphatic heterocycles. The number of halogens is 2. The predicted octanol–water partition coefficient (Wildman–Crippen LogP) is 5.66. The highest BCUT2D eigenvalue weighted by molar-refractivity contribution is 9.10. The summed E-state index contributed by atoms with van der Waals surface area (Å²) in [4.78, 5) is 16.8. The van der Waals surface area contributed by atoms with Gasteiger partial charge in [0.25, 0.3) is 11.8 Å². The van der Waals surface area contributed by atoms with Gasteiger partial charge in [-0.2, -0.15) is 4.98 Å². The smallest absolute Gasteiger partial charge is 0.291 e. The number of aromatic nitrogens is 2. The number of anilines is 1. The number of nitrogens with zero attached hydrogens (tertiary/aromatic N) is 2. The molecule has 0 aliphatic rings. The van der Waals surface area contributed by atoms with Gasteiger partial charge in [0.05, 0.1) is 11.3 Å². The molecule has 2 aromatic heterocycles. The highest BCUT2D eigenvalue weighted by Gasteiger charge is 2.17. The van der Waals surface area contributed by atoms with Crippen LogP contribution in [0.3, 0.4) is 0 Å². The van der Waals surface area contributed by atoms with Crippen LogP contribution in [0.5, 0.6) is 0 Å². The quantitative estimate of drug-likeness (QED) is 0.439. The van der Waals surface area contributed by atoms with Gasteiger partial charge >= 0.3 is 0 Å². The summed E-state index contributed by atoms with van der Waals surface area (Å²) < 4.78 is 11.1. The number of carbonyl (C=O) groups is 1. The summed E-state index contributed by atoms with van der Waals surface area (Å²) in [6.45, 7) is 0. The van der Waals surface area contributed by atoms with Crippen molar-refractivity contribution in [2.45, 2.75) is 0 Å². The molecule has 0 aliphatic carbocycles. The third-order valence-electron chi connectivity index (χ3n) is 3.73. The molecule has 0 radical (unpaired) electrons. The van der Waals surface area contributed by atoms with Gasteiger partial charge in [-0.1, -0.05) is 28.9 Å². The van der Waals surface area contributed by atoms with E-state index in [2.05, 4.69) is 31.4 Å². The fraction of sp³-hybridized carbons (Fsp3) is 0. The summed E-state index contributed by atoms with van der Waals surface area (Å²) in [6.07, 6.45) is 0. The van der Waals surface area contributed by atoms with Crippen molar-refractivity contribution in [1.82, 2.24) is 10.1 Å². The first-order chi connectivity index (χ1) is 13.1. The van der Waals surface area contributed by atoms with Crippen molar-refractivity contribution in [2.24, 2.45) is 0 Å². The zero-order chi connectivity index (χ0) is 18.8. The average Bonchev–Trinajstić information content (AvgIpc) is 3.32. The molecular formula is C19H11BrClN3O3. The minimum absolute atomic E-state index is 0.184. The van der Waals surface area contributed by atoms with Crippen LogP contribution in [-0.2, 0) is 0 Å². The molecule has 0 saturated carbocycles. The van der Waals surface area contributed by atoms with Crippen LogP contribution in [0, 0.1) is 0 Å². The maximum Gasteiger partial charge on any atom is 0.291 e. The van der Waals surface area contributed by atoms with E-state index in [4.69, 9.17) is 20.5 Å². The van der Waals surface area contributed by atoms with E-state index in [1.165, 1.54) is 0 Å². The van der Waals surface area contributed by atoms with Crippen molar-refractivity contribution >= 4 is 39.1 Å². The van der Waals surface area contributed by atoms with Gasteiger partial charge in [-0.05, 0) is 64.5 Å². The van der Waals surface area contributed by atoms with Crippen LogP contribution in [0.2, 0.25) is 5.02 Å². The van der Waals surface area contributed by atoms with Crippen LogP contribution in [0.1, 0.15) is 10.6 Å². The lowest BCUT2D eigenvalue weighted by molar-refractivity contribution is 0.0995. The lowest BCUT2D eigenvalue weighted by atomic mass is 10.1. The van der Waals surface area contributed by atoms with Crippen LogP contribution in [0.25, 0.3) is 22.8 Å². The molecule has 134 valence electrons. The first-order valence-electron chi connectivity index (χ1n) is 7.86. The first kappa shape index (κ1) is 17.5. The molecule has 4 rings (SSSR count). The summed E-state index contributed by atoms with van der Waals surface area (Å²) in [5.41, 5.74) is 1.90. The Hall–Kier alpha value is -2.90. The SMILES string of the molecule is O=C(Nc1ccccc1-c1nc(-c2ccc(Cl)cc2)no1)c1ccc(Br)o1. The molecule has 0 unspecified atom stereocenters. The number of carbonyl (C=O) groups excluding carboxylic acids is 1. The van der Waals surface area contributed by atoms with E-state index >= 15 is 0 Å². The standard InChI is InChI=1S/C19H11BrClN3O3/c20-16-10-9-15(26-16)18(25)22-14-4-2-1-3-13(14)19-23-17(24-27-19)11-5-7-12(21)8-6-11/h1-10H,(H,22,25). The largest absolute Gasteiger partial charge is 0.444 e. The summed E-state index contributed by atoms with van der Waals surface area (Å²) in [7, 11) is 0. The lowest BCUT2D eigenvalue weighted by Crippen LogP contribution is -2.11. The zero-order valence-corrected chi connectivity index (χ0v) is 16.0. The average molecular weight is 445 g/mol. The van der Waals surface area contributed by atoms with E-state index in [0.29, 0.717) is 26.8 Å². The number of benzene rings is 2. The molecule has 0 fully saturated rings. The van der Waals surface area contributed by atoms with Crippen molar-refractivity contribution in [3.8, 4) is 22.8 Å². The van der Waals surface area contributed by atoms with E-state index in [1.807, 2.05) is 6.07 Å². The van der Waals surface area contributed by atoms with Gasteiger partial charge in [0, 0.05) is 10.6 Å². The molecule has 2 heterocycles. The van der Waals surface area contributed by atoms with Crippen molar-refractivity contribution in [3.05, 3.63) is 76.1 Å². The fourth-order valence-electron chi connectivity index (χ4n) is 2.45. The van der Waals surface area contributed by atoms with Crippen LogP contribution < -0.4 is 5.32 Å². The summed E-state index contributed by atoms with van der Waals surface area (Å²) in [5, 5.41) is 7.43. The minimum Gasteiger partial charge on any atom is -0.444 e.